The summed E-state index contributed by atoms with van der Waals surface area (Å²) in [6, 6.07) is 30.1. The predicted molar refractivity (Wildman–Crippen MR) is 152 cm³/mol. The molecule has 0 aliphatic rings. The van der Waals surface area contributed by atoms with Crippen molar-refractivity contribution < 1.29 is 0 Å². The number of nitrogens with one attached hydrogen (secondary N) is 3. The van der Waals surface area contributed by atoms with Gasteiger partial charge in [0.05, 0.1) is 29.2 Å². The molecule has 4 aromatic rings. The molecule has 0 spiro atoms. The Hall–Kier alpha value is -4.10. The van der Waals surface area contributed by atoms with Gasteiger partial charge in [-0.25, -0.2) is 0 Å². The Morgan fingerprint density at radius 2 is 1.71 bits per heavy atom. The number of benzene rings is 3. The summed E-state index contributed by atoms with van der Waals surface area (Å²) >= 11 is 6.14. The molecule has 3 atom stereocenters. The third-order valence-electron chi connectivity index (χ3n) is 6.85. The Morgan fingerprint density at radius 1 is 0.974 bits per heavy atom. The average Bonchev–Trinajstić information content (AvgIpc) is 3.44. The normalized spacial score (nSPS) is 13.6. The van der Waals surface area contributed by atoms with Gasteiger partial charge in [-0.15, -0.1) is 0 Å². The molecular weight excluding hydrogens is 492 g/mol. The first-order chi connectivity index (χ1) is 18.3. The molecule has 192 valence electrons. The second-order valence-electron chi connectivity index (χ2n) is 10.1. The minimum atomic E-state index is -0.696. The van der Waals surface area contributed by atoms with Crippen molar-refractivity contribution in [1.82, 2.24) is 15.5 Å². The SMILES string of the molecule is C[C@H](NC(c1cccc(Nc2cc[nH]n2)c1)C(C)(C)C#N)[C@@H](Cc1ccc(Cl)cc1)c1cccc(C#N)c1. The fourth-order valence-corrected chi connectivity index (χ4v) is 4.86. The molecule has 6 nitrogen and oxygen atoms in total. The Labute approximate surface area is 229 Å². The Morgan fingerprint density at radius 3 is 2.39 bits per heavy atom. The smallest absolute Gasteiger partial charge is 0.152 e. The first-order valence-electron chi connectivity index (χ1n) is 12.6. The van der Waals surface area contributed by atoms with Gasteiger partial charge in [0, 0.05) is 34.9 Å². The second kappa shape index (κ2) is 12.0. The molecule has 0 saturated carbocycles. The van der Waals surface area contributed by atoms with Gasteiger partial charge in [-0.3, -0.25) is 5.10 Å². The average molecular weight is 523 g/mol. The molecule has 0 aliphatic heterocycles. The third kappa shape index (κ3) is 6.61. The van der Waals surface area contributed by atoms with E-state index in [1.807, 2.05) is 80.6 Å². The molecule has 7 heteroatoms. The van der Waals surface area contributed by atoms with Gasteiger partial charge in [0.1, 0.15) is 0 Å². The number of hydrogen-bond acceptors (Lipinski definition) is 5. The van der Waals surface area contributed by atoms with Crippen LogP contribution in [0.1, 0.15) is 55.0 Å². The monoisotopic (exact) mass is 522 g/mol. The zero-order valence-corrected chi connectivity index (χ0v) is 22.5. The zero-order chi connectivity index (χ0) is 27.1. The quantitative estimate of drug-likeness (QED) is 0.203. The van der Waals surface area contributed by atoms with Crippen molar-refractivity contribution >= 4 is 23.1 Å². The van der Waals surface area contributed by atoms with E-state index in [4.69, 9.17) is 11.6 Å². The molecule has 3 aromatic carbocycles. The van der Waals surface area contributed by atoms with Crippen LogP contribution in [0.15, 0.2) is 85.1 Å². The number of nitrogens with zero attached hydrogens (tertiary/aromatic N) is 3. The highest BCUT2D eigenvalue weighted by atomic mass is 35.5. The van der Waals surface area contributed by atoms with E-state index in [1.54, 1.807) is 6.20 Å². The molecule has 1 heterocycles. The van der Waals surface area contributed by atoms with Gasteiger partial charge < -0.3 is 10.6 Å². The molecule has 0 fully saturated rings. The van der Waals surface area contributed by atoms with Gasteiger partial charge >= 0.3 is 0 Å². The molecule has 0 bridgehead atoms. The van der Waals surface area contributed by atoms with Crippen molar-refractivity contribution in [3.05, 3.63) is 112 Å². The summed E-state index contributed by atoms with van der Waals surface area (Å²) in [5, 5.41) is 34.4. The fourth-order valence-electron chi connectivity index (χ4n) is 4.74. The molecule has 0 saturated heterocycles. The summed E-state index contributed by atoms with van der Waals surface area (Å²) in [6.07, 6.45) is 2.51. The summed E-state index contributed by atoms with van der Waals surface area (Å²) in [4.78, 5) is 0. The van der Waals surface area contributed by atoms with Gasteiger partial charge in [-0.1, -0.05) is 48.0 Å². The minimum absolute atomic E-state index is 0.0276. The lowest BCUT2D eigenvalue weighted by molar-refractivity contribution is 0.281. The van der Waals surface area contributed by atoms with Crippen molar-refractivity contribution in [2.45, 2.75) is 45.2 Å². The summed E-state index contributed by atoms with van der Waals surface area (Å²) < 4.78 is 0. The van der Waals surface area contributed by atoms with Crippen LogP contribution < -0.4 is 10.6 Å². The summed E-state index contributed by atoms with van der Waals surface area (Å²) in [5.41, 5.74) is 4.04. The van der Waals surface area contributed by atoms with Crippen LogP contribution in [-0.4, -0.2) is 16.2 Å². The van der Waals surface area contributed by atoms with E-state index in [-0.39, 0.29) is 18.0 Å². The molecule has 0 aliphatic carbocycles. The van der Waals surface area contributed by atoms with Crippen LogP contribution in [0.3, 0.4) is 0 Å². The maximum atomic E-state index is 10.1. The van der Waals surface area contributed by atoms with Gasteiger partial charge in [0.15, 0.2) is 5.82 Å². The van der Waals surface area contributed by atoms with Gasteiger partial charge in [-0.05, 0) is 80.3 Å². The molecule has 1 unspecified atom stereocenters. The minimum Gasteiger partial charge on any atom is -0.339 e. The number of nitriles is 2. The van der Waals surface area contributed by atoms with E-state index in [1.165, 1.54) is 0 Å². The van der Waals surface area contributed by atoms with Crippen LogP contribution in [0.4, 0.5) is 11.5 Å². The van der Waals surface area contributed by atoms with E-state index in [9.17, 15) is 10.5 Å². The number of H-pyrrole nitrogens is 1. The number of anilines is 2. The van der Waals surface area contributed by atoms with Crippen LogP contribution in [0.2, 0.25) is 5.02 Å². The molecular formula is C31H31ClN6. The lowest BCUT2D eigenvalue weighted by Gasteiger charge is -2.36. The number of rotatable bonds is 10. The first kappa shape index (κ1) is 26.9. The van der Waals surface area contributed by atoms with Crippen LogP contribution in [-0.2, 0) is 6.42 Å². The molecule has 4 rings (SSSR count). The Balaban J connectivity index is 1.67. The largest absolute Gasteiger partial charge is 0.339 e. The van der Waals surface area contributed by atoms with E-state index in [0.717, 1.165) is 34.6 Å². The standard InChI is InChI=1S/C31H31ClN6/c1-21(28(17-22-10-12-26(32)13-11-22)24-7-4-6-23(16-24)19-33)36-30(31(2,3)20-34)25-8-5-9-27(18-25)37-29-14-15-35-38-29/h4-16,18,21,28,30,36H,17H2,1-3H3,(H2,35,37,38)/t21-,28+,30?/m0/s1. The first-order valence-corrected chi connectivity index (χ1v) is 13.0. The summed E-state index contributed by atoms with van der Waals surface area (Å²) in [6.45, 7) is 6.05. The maximum Gasteiger partial charge on any atom is 0.152 e. The summed E-state index contributed by atoms with van der Waals surface area (Å²) in [5.74, 6) is 0.770. The lowest BCUT2D eigenvalue weighted by Crippen LogP contribution is -2.42. The van der Waals surface area contributed by atoms with Crippen molar-refractivity contribution in [2.24, 2.45) is 5.41 Å². The highest BCUT2D eigenvalue weighted by Gasteiger charge is 2.34. The van der Waals surface area contributed by atoms with Crippen molar-refractivity contribution in [3.63, 3.8) is 0 Å². The molecule has 0 amide bonds. The van der Waals surface area contributed by atoms with E-state index < -0.39 is 5.41 Å². The number of halogens is 1. The van der Waals surface area contributed by atoms with Crippen LogP contribution >= 0.6 is 11.6 Å². The number of aromatic amines is 1. The van der Waals surface area contributed by atoms with Gasteiger partial charge in [-0.2, -0.15) is 15.6 Å². The fraction of sp³-hybridized carbons (Fsp3) is 0.258. The lowest BCUT2D eigenvalue weighted by atomic mass is 9.79. The van der Waals surface area contributed by atoms with Gasteiger partial charge in [0.2, 0.25) is 0 Å². The highest BCUT2D eigenvalue weighted by molar-refractivity contribution is 6.30. The number of hydrogen-bond donors (Lipinski definition) is 3. The van der Waals surface area contributed by atoms with Crippen molar-refractivity contribution in [1.29, 1.82) is 10.5 Å². The number of aromatic nitrogens is 2. The van der Waals surface area contributed by atoms with E-state index >= 15 is 0 Å². The van der Waals surface area contributed by atoms with Gasteiger partial charge in [0.25, 0.3) is 0 Å². The molecule has 0 radical (unpaired) electrons. The van der Waals surface area contributed by atoms with Crippen molar-refractivity contribution in [2.75, 3.05) is 5.32 Å². The maximum absolute atomic E-state index is 10.1. The Bertz CT molecular complexity index is 1430. The summed E-state index contributed by atoms with van der Waals surface area (Å²) in [7, 11) is 0. The second-order valence-corrected chi connectivity index (χ2v) is 10.5. The molecule has 1 aromatic heterocycles. The Kier molecular flexibility index (Phi) is 8.48. The van der Waals surface area contributed by atoms with Crippen molar-refractivity contribution in [3.8, 4) is 12.1 Å². The predicted octanol–water partition coefficient (Wildman–Crippen LogP) is 7.27. The topological polar surface area (TPSA) is 100 Å². The highest BCUT2D eigenvalue weighted by Crippen LogP contribution is 2.37. The molecule has 3 N–H and O–H groups in total. The van der Waals surface area contributed by atoms with Crippen LogP contribution in [0, 0.1) is 28.1 Å². The third-order valence-corrected chi connectivity index (χ3v) is 7.10. The van der Waals surface area contributed by atoms with Crippen LogP contribution in [0.5, 0.6) is 0 Å². The van der Waals surface area contributed by atoms with E-state index in [2.05, 4.69) is 52.0 Å². The van der Waals surface area contributed by atoms with E-state index in [0.29, 0.717) is 10.6 Å². The zero-order valence-electron chi connectivity index (χ0n) is 21.7. The molecule has 38 heavy (non-hydrogen) atoms. The van der Waals surface area contributed by atoms with Crippen LogP contribution in [0.25, 0.3) is 0 Å².